The molecule has 2 fully saturated rings. The molecule has 0 aliphatic heterocycles. The van der Waals surface area contributed by atoms with E-state index in [1.165, 1.54) is 14.2 Å². The maximum Gasteiger partial charge on any atom is 0.418 e. The minimum absolute atomic E-state index is 0.0440. The smallest absolute Gasteiger partial charge is 0.418 e. The number of hydrogen-bond acceptors (Lipinski definition) is 7. The van der Waals surface area contributed by atoms with E-state index >= 15 is 0 Å². The van der Waals surface area contributed by atoms with Gasteiger partial charge in [0.15, 0.2) is 8.32 Å². The number of methoxy groups -OCH3 is 2. The van der Waals surface area contributed by atoms with Crippen LogP contribution in [0.25, 0.3) is 0 Å². The Labute approximate surface area is 278 Å². The van der Waals surface area contributed by atoms with E-state index in [4.69, 9.17) is 18.6 Å². The number of nitrogens with zero attached hydrogens (tertiary/aromatic N) is 1. The normalized spacial score (nSPS) is 27.5. The van der Waals surface area contributed by atoms with Crippen molar-refractivity contribution in [2.75, 3.05) is 14.2 Å². The highest BCUT2D eigenvalue weighted by atomic mass is 28.4. The molecule has 3 aliphatic rings. The standard InChI is InChI=1S/C38H47NO7Si/c1-35(2,3)46-34(42)39-21-23(22-45-47(9,10)36(4,5)6)26-27-28(37(27,32(40)43-7)24-17-13-11-14-18-24)29-30(31(26)39)38(29,33(41)44-8)25-19-15-12-16-20-25/h11-21,27-30H,22H2,1-10H3/t27-,28-,29+,30+,37+,38-/m0/s1. The van der Waals surface area contributed by atoms with Crippen LogP contribution in [0.3, 0.4) is 0 Å². The lowest BCUT2D eigenvalue weighted by Crippen LogP contribution is -2.40. The fourth-order valence-corrected chi connectivity index (χ4v) is 9.14. The van der Waals surface area contributed by atoms with Gasteiger partial charge in [0.25, 0.3) is 0 Å². The van der Waals surface area contributed by atoms with Gasteiger partial charge in [0.1, 0.15) is 16.4 Å². The van der Waals surface area contributed by atoms with Crippen molar-refractivity contribution in [2.45, 2.75) is 94.5 Å². The van der Waals surface area contributed by atoms with E-state index < -0.39 is 36.8 Å². The maximum atomic E-state index is 14.3. The number of ether oxygens (including phenoxy) is 3. The zero-order valence-electron chi connectivity index (χ0n) is 29.2. The number of hydrogen-bond donors (Lipinski definition) is 0. The first-order valence-electron chi connectivity index (χ1n) is 16.4. The molecule has 0 unspecified atom stereocenters. The molecule has 0 N–H and O–H groups in total. The molecule has 0 bridgehead atoms. The van der Waals surface area contributed by atoms with Gasteiger partial charge in [0.2, 0.25) is 0 Å². The summed E-state index contributed by atoms with van der Waals surface area (Å²) in [6.45, 7) is 16.7. The van der Waals surface area contributed by atoms with Crippen LogP contribution in [0.15, 0.2) is 66.9 Å². The summed E-state index contributed by atoms with van der Waals surface area (Å²) in [4.78, 5) is 42.6. The quantitative estimate of drug-likeness (QED) is 0.148. The molecule has 0 saturated heterocycles. The molecule has 9 heteroatoms. The summed E-state index contributed by atoms with van der Waals surface area (Å²) in [5, 5.41) is -0.0440. The maximum absolute atomic E-state index is 14.3. The third kappa shape index (κ3) is 4.75. The van der Waals surface area contributed by atoms with Crippen LogP contribution in [-0.2, 0) is 45.7 Å². The number of esters is 2. The summed E-state index contributed by atoms with van der Waals surface area (Å²) in [5.74, 6) is -2.16. The van der Waals surface area contributed by atoms with Crippen LogP contribution >= 0.6 is 0 Å². The Kier molecular flexibility index (Phi) is 7.72. The Morgan fingerprint density at radius 2 is 1.23 bits per heavy atom. The van der Waals surface area contributed by atoms with Crippen LogP contribution in [0.1, 0.15) is 81.3 Å². The molecule has 2 aromatic carbocycles. The van der Waals surface area contributed by atoms with Gasteiger partial charge >= 0.3 is 18.0 Å². The third-order valence-corrected chi connectivity index (χ3v) is 15.7. The van der Waals surface area contributed by atoms with Gasteiger partial charge in [-0.2, -0.15) is 0 Å². The van der Waals surface area contributed by atoms with Crippen molar-refractivity contribution < 1.29 is 33.0 Å². The number of carbonyl (C=O) groups excluding carboxylic acids is 3. The second-order valence-electron chi connectivity index (χ2n) is 15.8. The Hall–Kier alpha value is -3.69. The van der Waals surface area contributed by atoms with Gasteiger partial charge < -0.3 is 18.6 Å². The zero-order chi connectivity index (χ0) is 34.3. The first-order valence-corrected chi connectivity index (χ1v) is 19.3. The molecule has 6 atom stereocenters. The Balaban J connectivity index is 1.65. The molecule has 47 heavy (non-hydrogen) atoms. The number of rotatable bonds is 7. The summed E-state index contributed by atoms with van der Waals surface area (Å²) >= 11 is 0. The van der Waals surface area contributed by atoms with Crippen molar-refractivity contribution in [3.05, 3.63) is 94.8 Å². The summed E-state index contributed by atoms with van der Waals surface area (Å²) in [6.07, 6.45) is 1.29. The van der Waals surface area contributed by atoms with E-state index in [9.17, 15) is 14.4 Å². The molecule has 0 amide bonds. The van der Waals surface area contributed by atoms with E-state index in [0.717, 1.165) is 22.3 Å². The average Bonchev–Trinajstić information content (AvgIpc) is 3.86. The van der Waals surface area contributed by atoms with E-state index in [0.29, 0.717) is 5.69 Å². The van der Waals surface area contributed by atoms with Crippen LogP contribution in [-0.4, -0.2) is 50.7 Å². The van der Waals surface area contributed by atoms with Crippen molar-refractivity contribution in [3.8, 4) is 0 Å². The molecule has 0 radical (unpaired) electrons. The summed E-state index contributed by atoms with van der Waals surface area (Å²) < 4.78 is 25.5. The average molecular weight is 658 g/mol. The monoisotopic (exact) mass is 657 g/mol. The molecule has 3 aromatic rings. The van der Waals surface area contributed by atoms with E-state index in [1.807, 2.05) is 87.6 Å². The minimum atomic E-state index is -2.23. The number of fused-ring (bicyclic) bond motifs is 6. The van der Waals surface area contributed by atoms with Gasteiger partial charge in [-0.15, -0.1) is 0 Å². The molecule has 8 nitrogen and oxygen atoms in total. The molecular formula is C38H47NO7Si. The van der Waals surface area contributed by atoms with Gasteiger partial charge in [-0.3, -0.25) is 14.2 Å². The van der Waals surface area contributed by atoms with Crippen molar-refractivity contribution >= 4 is 26.3 Å². The van der Waals surface area contributed by atoms with Crippen molar-refractivity contribution in [1.29, 1.82) is 0 Å². The number of aromatic nitrogens is 1. The molecule has 1 heterocycles. The van der Waals surface area contributed by atoms with Gasteiger partial charge in [-0.05, 0) is 73.0 Å². The van der Waals surface area contributed by atoms with Gasteiger partial charge in [0, 0.05) is 23.7 Å². The van der Waals surface area contributed by atoms with E-state index in [1.54, 1.807) is 4.57 Å². The SMILES string of the molecule is COC(=O)[C@@]1(c2ccccc2)[C@@H]2[C@@H]3[C@H](c4c(c(CO[Si](C)(C)C(C)(C)C)cn4C(=O)OC(C)(C)C)[C@@H]21)[C@]3(C(=O)OC)c1ccccc1. The lowest BCUT2D eigenvalue weighted by Gasteiger charge is -2.36. The second-order valence-corrected chi connectivity index (χ2v) is 20.6. The highest BCUT2D eigenvalue weighted by Crippen LogP contribution is 2.86. The molecule has 3 aliphatic carbocycles. The summed E-state index contributed by atoms with van der Waals surface area (Å²) in [6, 6.07) is 19.3. The predicted octanol–water partition coefficient (Wildman–Crippen LogP) is 7.46. The zero-order valence-corrected chi connectivity index (χ0v) is 30.2. The third-order valence-electron chi connectivity index (χ3n) is 11.2. The Morgan fingerprint density at radius 1 is 0.766 bits per heavy atom. The second kappa shape index (κ2) is 10.9. The molecule has 250 valence electrons. The fraction of sp³-hybridized carbons (Fsp3) is 0.500. The highest BCUT2D eigenvalue weighted by molar-refractivity contribution is 6.74. The lowest BCUT2D eigenvalue weighted by molar-refractivity contribution is -0.146. The summed E-state index contributed by atoms with van der Waals surface area (Å²) in [5.41, 5.74) is 1.06. The highest BCUT2D eigenvalue weighted by Gasteiger charge is 2.89. The minimum Gasteiger partial charge on any atom is -0.468 e. The van der Waals surface area contributed by atoms with Gasteiger partial charge in [-0.25, -0.2) is 4.79 Å². The van der Waals surface area contributed by atoms with Gasteiger partial charge in [0.05, 0.1) is 20.8 Å². The van der Waals surface area contributed by atoms with Crippen LogP contribution < -0.4 is 0 Å². The van der Waals surface area contributed by atoms with Crippen LogP contribution in [0.2, 0.25) is 18.1 Å². The molecular weight excluding hydrogens is 611 g/mol. The van der Waals surface area contributed by atoms with Crippen LogP contribution in [0.4, 0.5) is 4.79 Å². The number of carbonyl (C=O) groups is 3. The van der Waals surface area contributed by atoms with Gasteiger partial charge in [-0.1, -0.05) is 81.4 Å². The molecule has 6 rings (SSSR count). The molecule has 1 aromatic heterocycles. The predicted molar refractivity (Wildman–Crippen MR) is 181 cm³/mol. The molecule has 2 saturated carbocycles. The van der Waals surface area contributed by atoms with Crippen LogP contribution in [0, 0.1) is 11.8 Å². The fourth-order valence-electron chi connectivity index (χ4n) is 8.19. The van der Waals surface area contributed by atoms with Crippen molar-refractivity contribution in [3.63, 3.8) is 0 Å². The van der Waals surface area contributed by atoms with E-state index in [-0.39, 0.29) is 41.3 Å². The van der Waals surface area contributed by atoms with Crippen molar-refractivity contribution in [2.24, 2.45) is 11.8 Å². The lowest BCUT2D eigenvalue weighted by atomic mass is 9.85. The molecule has 0 spiro atoms. The Morgan fingerprint density at radius 3 is 1.68 bits per heavy atom. The number of benzene rings is 2. The summed E-state index contributed by atoms with van der Waals surface area (Å²) in [7, 11) is 0.591. The topological polar surface area (TPSA) is 93.1 Å². The van der Waals surface area contributed by atoms with Crippen molar-refractivity contribution in [1.82, 2.24) is 4.57 Å². The van der Waals surface area contributed by atoms with Crippen LogP contribution in [0.5, 0.6) is 0 Å². The Bertz CT molecular complexity index is 1720. The first-order chi connectivity index (χ1) is 22.0. The largest absolute Gasteiger partial charge is 0.468 e. The first kappa shape index (κ1) is 33.2. The van der Waals surface area contributed by atoms with E-state index in [2.05, 4.69) is 33.9 Å².